The zero-order valence-corrected chi connectivity index (χ0v) is 11.7. The number of amides is 1. The molecule has 3 aliphatic rings. The van der Waals surface area contributed by atoms with Gasteiger partial charge in [-0.15, -0.1) is 0 Å². The number of nitrogens with zero attached hydrogens (tertiary/aromatic N) is 2. The van der Waals surface area contributed by atoms with Crippen molar-refractivity contribution in [2.75, 3.05) is 32.7 Å². The highest BCUT2D eigenvalue weighted by Gasteiger charge is 2.31. The first-order chi connectivity index (χ1) is 9.20. The molecule has 0 bridgehead atoms. The van der Waals surface area contributed by atoms with Crippen molar-refractivity contribution >= 4 is 5.91 Å². The molecule has 19 heavy (non-hydrogen) atoms. The van der Waals surface area contributed by atoms with Gasteiger partial charge in [0.2, 0.25) is 5.91 Å². The van der Waals surface area contributed by atoms with Crippen LogP contribution in [0.4, 0.5) is 0 Å². The number of nitrogens with two attached hydrogens (primary N) is 1. The molecule has 0 spiro atoms. The summed E-state index contributed by atoms with van der Waals surface area (Å²) in [5.41, 5.74) is 5.95. The topological polar surface area (TPSA) is 61.6 Å². The van der Waals surface area contributed by atoms with Gasteiger partial charge in [-0.2, -0.15) is 0 Å². The average Bonchev–Trinajstić information content (AvgIpc) is 3.07. The molecule has 1 saturated carbocycles. The quantitative estimate of drug-likeness (QED) is 0.737. The van der Waals surface area contributed by atoms with E-state index in [9.17, 15) is 4.79 Å². The summed E-state index contributed by atoms with van der Waals surface area (Å²) < 4.78 is 0. The number of rotatable bonds is 4. The standard InChI is InChI=1S/C14H26N4O/c15-11-3-7-18(8-4-11)13-5-6-17(9-13)10-14(19)16-12-1-2-12/h11-13H,1-10,15H2,(H,16,19). The van der Waals surface area contributed by atoms with Crippen molar-refractivity contribution in [3.63, 3.8) is 0 Å². The van der Waals surface area contributed by atoms with Crippen molar-refractivity contribution in [2.45, 2.75) is 50.2 Å². The first-order valence-electron chi connectivity index (χ1n) is 7.72. The predicted molar refractivity (Wildman–Crippen MR) is 74.8 cm³/mol. The average molecular weight is 266 g/mol. The van der Waals surface area contributed by atoms with Gasteiger partial charge >= 0.3 is 0 Å². The molecule has 1 amide bonds. The lowest BCUT2D eigenvalue weighted by Gasteiger charge is -2.34. The van der Waals surface area contributed by atoms with Gasteiger partial charge in [-0.05, 0) is 45.2 Å². The van der Waals surface area contributed by atoms with Crippen molar-refractivity contribution in [1.82, 2.24) is 15.1 Å². The summed E-state index contributed by atoms with van der Waals surface area (Å²) in [7, 11) is 0. The van der Waals surface area contributed by atoms with Crippen molar-refractivity contribution < 1.29 is 4.79 Å². The van der Waals surface area contributed by atoms with Crippen LogP contribution in [0, 0.1) is 0 Å². The number of hydrogen-bond donors (Lipinski definition) is 2. The molecule has 0 aromatic rings. The molecule has 1 unspecified atom stereocenters. The maximum absolute atomic E-state index is 11.8. The first-order valence-corrected chi connectivity index (χ1v) is 7.72. The molecule has 3 fully saturated rings. The monoisotopic (exact) mass is 266 g/mol. The van der Waals surface area contributed by atoms with E-state index in [2.05, 4.69) is 15.1 Å². The van der Waals surface area contributed by atoms with E-state index in [1.54, 1.807) is 0 Å². The van der Waals surface area contributed by atoms with Gasteiger partial charge in [0.1, 0.15) is 0 Å². The molecule has 1 atom stereocenters. The smallest absolute Gasteiger partial charge is 0.234 e. The van der Waals surface area contributed by atoms with Gasteiger partial charge in [-0.25, -0.2) is 0 Å². The Morgan fingerprint density at radius 3 is 2.53 bits per heavy atom. The highest BCUT2D eigenvalue weighted by molar-refractivity contribution is 5.78. The lowest BCUT2D eigenvalue weighted by atomic mass is 10.0. The summed E-state index contributed by atoms with van der Waals surface area (Å²) in [4.78, 5) is 16.7. The summed E-state index contributed by atoms with van der Waals surface area (Å²) >= 11 is 0. The van der Waals surface area contributed by atoms with Crippen LogP contribution < -0.4 is 11.1 Å². The first kappa shape index (κ1) is 13.3. The molecule has 2 aliphatic heterocycles. The molecule has 2 heterocycles. The minimum atomic E-state index is 0.212. The molecule has 1 aliphatic carbocycles. The summed E-state index contributed by atoms with van der Waals surface area (Å²) in [6, 6.07) is 1.52. The molecular weight excluding hydrogens is 240 g/mol. The second kappa shape index (κ2) is 5.77. The number of hydrogen-bond acceptors (Lipinski definition) is 4. The van der Waals surface area contributed by atoms with Crippen molar-refractivity contribution in [1.29, 1.82) is 0 Å². The van der Waals surface area contributed by atoms with Crippen LogP contribution in [0.1, 0.15) is 32.1 Å². The zero-order chi connectivity index (χ0) is 13.2. The van der Waals surface area contributed by atoms with Gasteiger partial charge < -0.3 is 11.1 Å². The molecule has 0 aromatic carbocycles. The van der Waals surface area contributed by atoms with Crippen LogP contribution in [0.25, 0.3) is 0 Å². The van der Waals surface area contributed by atoms with Crippen molar-refractivity contribution in [3.05, 3.63) is 0 Å². The predicted octanol–water partition coefficient (Wildman–Crippen LogP) is -0.238. The van der Waals surface area contributed by atoms with Gasteiger partial charge in [-0.1, -0.05) is 0 Å². The summed E-state index contributed by atoms with van der Waals surface area (Å²) in [6.45, 7) is 4.96. The van der Waals surface area contributed by atoms with Crippen LogP contribution in [0.3, 0.4) is 0 Å². The number of carbonyl (C=O) groups excluding carboxylic acids is 1. The molecule has 0 aromatic heterocycles. The number of likely N-dealkylation sites (tertiary alicyclic amines) is 2. The van der Waals surface area contributed by atoms with Crippen LogP contribution in [0.15, 0.2) is 0 Å². The van der Waals surface area contributed by atoms with E-state index in [1.807, 2.05) is 0 Å². The van der Waals surface area contributed by atoms with E-state index in [0.717, 1.165) is 39.0 Å². The zero-order valence-electron chi connectivity index (χ0n) is 11.7. The Morgan fingerprint density at radius 2 is 1.84 bits per heavy atom. The third-order valence-corrected chi connectivity index (χ3v) is 4.65. The highest BCUT2D eigenvalue weighted by Crippen LogP contribution is 2.21. The molecule has 3 rings (SSSR count). The fraction of sp³-hybridized carbons (Fsp3) is 0.929. The summed E-state index contributed by atoms with van der Waals surface area (Å²) in [5.74, 6) is 0.212. The van der Waals surface area contributed by atoms with Crippen LogP contribution in [0.2, 0.25) is 0 Å². The van der Waals surface area contributed by atoms with Gasteiger partial charge in [0.05, 0.1) is 6.54 Å². The Kier molecular flexibility index (Phi) is 4.05. The number of piperidine rings is 1. The van der Waals surface area contributed by atoms with E-state index < -0.39 is 0 Å². The molecule has 2 saturated heterocycles. The maximum Gasteiger partial charge on any atom is 0.234 e. The summed E-state index contributed by atoms with van der Waals surface area (Å²) in [6.07, 6.45) is 5.79. The van der Waals surface area contributed by atoms with Crippen LogP contribution in [-0.4, -0.2) is 66.6 Å². The van der Waals surface area contributed by atoms with E-state index >= 15 is 0 Å². The van der Waals surface area contributed by atoms with Crippen molar-refractivity contribution in [2.24, 2.45) is 5.73 Å². The van der Waals surface area contributed by atoms with Crippen LogP contribution in [-0.2, 0) is 4.79 Å². The van der Waals surface area contributed by atoms with Crippen LogP contribution >= 0.6 is 0 Å². The Bertz CT molecular complexity index is 323. The molecule has 3 N–H and O–H groups in total. The lowest BCUT2D eigenvalue weighted by molar-refractivity contribution is -0.122. The third kappa shape index (κ3) is 3.68. The molecule has 5 nitrogen and oxygen atoms in total. The Hall–Kier alpha value is -0.650. The van der Waals surface area contributed by atoms with E-state index in [0.29, 0.717) is 24.7 Å². The molecular formula is C14H26N4O. The number of carbonyl (C=O) groups is 1. The van der Waals surface area contributed by atoms with Crippen molar-refractivity contribution in [3.8, 4) is 0 Å². The minimum absolute atomic E-state index is 0.212. The van der Waals surface area contributed by atoms with E-state index in [4.69, 9.17) is 5.73 Å². The van der Waals surface area contributed by atoms with Crippen LogP contribution in [0.5, 0.6) is 0 Å². The second-order valence-electron chi connectivity index (χ2n) is 6.39. The molecule has 108 valence electrons. The largest absolute Gasteiger partial charge is 0.352 e. The Labute approximate surface area is 115 Å². The lowest BCUT2D eigenvalue weighted by Crippen LogP contribution is -2.46. The van der Waals surface area contributed by atoms with Gasteiger partial charge in [-0.3, -0.25) is 14.6 Å². The SMILES string of the molecule is NC1CCN(C2CCN(CC(=O)NC3CC3)C2)CC1. The second-order valence-corrected chi connectivity index (χ2v) is 6.39. The Balaban J connectivity index is 1.40. The van der Waals surface area contributed by atoms with Gasteiger partial charge in [0, 0.05) is 31.2 Å². The minimum Gasteiger partial charge on any atom is -0.352 e. The fourth-order valence-corrected chi connectivity index (χ4v) is 3.24. The van der Waals surface area contributed by atoms with E-state index in [1.165, 1.54) is 19.3 Å². The highest BCUT2D eigenvalue weighted by atomic mass is 16.2. The Morgan fingerprint density at radius 1 is 1.11 bits per heavy atom. The van der Waals surface area contributed by atoms with Gasteiger partial charge in [0.25, 0.3) is 0 Å². The molecule has 5 heteroatoms. The third-order valence-electron chi connectivity index (χ3n) is 4.65. The summed E-state index contributed by atoms with van der Waals surface area (Å²) in [5, 5.41) is 3.07. The maximum atomic E-state index is 11.8. The number of nitrogens with one attached hydrogen (secondary N) is 1. The fourth-order valence-electron chi connectivity index (χ4n) is 3.24. The van der Waals surface area contributed by atoms with E-state index in [-0.39, 0.29) is 5.91 Å². The van der Waals surface area contributed by atoms with Gasteiger partial charge in [0.15, 0.2) is 0 Å². The normalized spacial score (nSPS) is 30.7. The molecule has 0 radical (unpaired) electrons.